The predicted octanol–water partition coefficient (Wildman–Crippen LogP) is 2.70. The number of carbonyl (C=O) groups is 1. The number of nitrogens with one attached hydrogen (secondary N) is 1. The standard InChI is InChI=1S/C19H32N2O6S/c1-6-8-12-26-13-27-21(16(5)7-2)28(24,25)19(23)18(22)20-17-14(3)10-9-11-15(17)4/h9-11,16,19,23H,6-8,12-13H2,1-5H3,(H,20,22). The molecule has 9 heteroatoms. The average molecular weight is 417 g/mol. The number of para-hydroxylation sites is 1. The van der Waals surface area contributed by atoms with E-state index in [9.17, 15) is 18.3 Å². The van der Waals surface area contributed by atoms with Crippen molar-refractivity contribution < 1.29 is 27.9 Å². The first kappa shape index (κ1) is 24.5. The molecule has 0 radical (unpaired) electrons. The van der Waals surface area contributed by atoms with Crippen molar-refractivity contribution in [2.75, 3.05) is 18.7 Å². The summed E-state index contributed by atoms with van der Waals surface area (Å²) in [5, 5.41) is 12.8. The molecule has 0 aliphatic carbocycles. The highest BCUT2D eigenvalue weighted by Crippen LogP contribution is 2.21. The van der Waals surface area contributed by atoms with Gasteiger partial charge in [-0.1, -0.05) is 42.9 Å². The van der Waals surface area contributed by atoms with Crippen molar-refractivity contribution in [3.05, 3.63) is 29.3 Å². The Kier molecular flexibility index (Phi) is 10.0. The molecule has 0 bridgehead atoms. The van der Waals surface area contributed by atoms with Crippen molar-refractivity contribution in [3.8, 4) is 0 Å². The van der Waals surface area contributed by atoms with Gasteiger partial charge >= 0.3 is 0 Å². The molecular formula is C19H32N2O6S. The summed E-state index contributed by atoms with van der Waals surface area (Å²) < 4.78 is 31.5. The number of aliphatic hydroxyl groups excluding tert-OH is 1. The molecule has 1 amide bonds. The summed E-state index contributed by atoms with van der Waals surface area (Å²) in [4.78, 5) is 17.7. The van der Waals surface area contributed by atoms with Crippen LogP contribution >= 0.6 is 0 Å². The topological polar surface area (TPSA) is 105 Å². The summed E-state index contributed by atoms with van der Waals surface area (Å²) in [5.74, 6) is -1.04. The molecule has 28 heavy (non-hydrogen) atoms. The monoisotopic (exact) mass is 416 g/mol. The third kappa shape index (κ3) is 6.52. The lowest BCUT2D eigenvalue weighted by Gasteiger charge is -2.28. The Morgan fingerprint density at radius 1 is 1.25 bits per heavy atom. The molecule has 0 aliphatic heterocycles. The fourth-order valence-electron chi connectivity index (χ4n) is 2.43. The van der Waals surface area contributed by atoms with Crippen molar-refractivity contribution in [1.29, 1.82) is 0 Å². The summed E-state index contributed by atoms with van der Waals surface area (Å²) in [6.45, 7) is 9.12. The van der Waals surface area contributed by atoms with Gasteiger partial charge in [0.1, 0.15) is 0 Å². The SMILES string of the molecule is CCCCOCON(C(C)CC)S(=O)(=O)C(O)C(=O)Nc1c(C)cccc1C. The molecule has 0 fully saturated rings. The maximum absolute atomic E-state index is 12.8. The number of unbranched alkanes of at least 4 members (excludes halogenated alkanes) is 1. The quantitative estimate of drug-likeness (QED) is 0.308. The Morgan fingerprint density at radius 3 is 2.39 bits per heavy atom. The van der Waals surface area contributed by atoms with Crippen LogP contribution in [0.5, 0.6) is 0 Å². The molecule has 1 aromatic rings. The summed E-state index contributed by atoms with van der Waals surface area (Å²) in [7, 11) is -4.48. The maximum Gasteiger partial charge on any atom is 0.272 e. The van der Waals surface area contributed by atoms with E-state index >= 15 is 0 Å². The average Bonchev–Trinajstić information content (AvgIpc) is 2.66. The molecule has 8 nitrogen and oxygen atoms in total. The lowest BCUT2D eigenvalue weighted by atomic mass is 10.1. The van der Waals surface area contributed by atoms with E-state index in [2.05, 4.69) is 5.32 Å². The number of rotatable bonds is 12. The van der Waals surface area contributed by atoms with Gasteiger partial charge in [-0.05, 0) is 44.7 Å². The Balaban J connectivity index is 2.92. The Bertz CT molecular complexity index is 718. The first-order chi connectivity index (χ1) is 13.2. The largest absolute Gasteiger partial charge is 0.368 e. The number of carbonyl (C=O) groups excluding carboxylic acids is 1. The van der Waals surface area contributed by atoms with Gasteiger partial charge in [0.05, 0.1) is 0 Å². The summed E-state index contributed by atoms with van der Waals surface area (Å²) in [6.07, 6.45) is 2.18. The highest BCUT2D eigenvalue weighted by molar-refractivity contribution is 7.90. The Hall–Kier alpha value is -1.52. The molecule has 1 aromatic carbocycles. The number of hydrogen-bond acceptors (Lipinski definition) is 6. The van der Waals surface area contributed by atoms with E-state index in [0.29, 0.717) is 23.2 Å². The highest BCUT2D eigenvalue weighted by Gasteiger charge is 2.39. The van der Waals surface area contributed by atoms with Crippen LogP contribution < -0.4 is 5.32 Å². The minimum atomic E-state index is -4.48. The first-order valence-electron chi connectivity index (χ1n) is 9.45. The number of anilines is 1. The molecule has 1 rings (SSSR count). The second-order valence-electron chi connectivity index (χ2n) is 6.67. The number of benzene rings is 1. The lowest BCUT2D eigenvalue weighted by Crippen LogP contribution is -2.48. The second-order valence-corrected chi connectivity index (χ2v) is 8.51. The van der Waals surface area contributed by atoms with Crippen molar-refractivity contribution in [2.45, 2.75) is 65.4 Å². The van der Waals surface area contributed by atoms with Gasteiger partial charge in [-0.15, -0.1) is 0 Å². The smallest absolute Gasteiger partial charge is 0.272 e. The zero-order valence-corrected chi connectivity index (χ0v) is 18.1. The molecule has 2 atom stereocenters. The van der Waals surface area contributed by atoms with Crippen LogP contribution in [0.4, 0.5) is 5.69 Å². The normalized spacial score (nSPS) is 14.1. The molecule has 160 valence electrons. The molecule has 0 aromatic heterocycles. The van der Waals surface area contributed by atoms with Gasteiger partial charge in [-0.3, -0.25) is 9.63 Å². The van der Waals surface area contributed by atoms with Gasteiger partial charge in [-0.25, -0.2) is 8.42 Å². The second kappa shape index (κ2) is 11.5. The summed E-state index contributed by atoms with van der Waals surface area (Å²) in [6, 6.07) is 4.81. The van der Waals surface area contributed by atoms with Gasteiger partial charge < -0.3 is 15.2 Å². The van der Waals surface area contributed by atoms with E-state index in [1.165, 1.54) is 0 Å². The number of sulfonamides is 1. The third-order valence-electron chi connectivity index (χ3n) is 4.34. The molecule has 2 N–H and O–H groups in total. The third-order valence-corrected chi connectivity index (χ3v) is 6.09. The minimum Gasteiger partial charge on any atom is -0.368 e. The van der Waals surface area contributed by atoms with E-state index in [0.717, 1.165) is 24.0 Å². The molecule has 0 spiro atoms. The number of nitrogens with zero attached hydrogens (tertiary/aromatic N) is 1. The van der Waals surface area contributed by atoms with Crippen molar-refractivity contribution in [2.24, 2.45) is 0 Å². The summed E-state index contributed by atoms with van der Waals surface area (Å²) >= 11 is 0. The maximum atomic E-state index is 12.8. The lowest BCUT2D eigenvalue weighted by molar-refractivity contribution is -0.190. The highest BCUT2D eigenvalue weighted by atomic mass is 32.2. The van der Waals surface area contributed by atoms with Gasteiger partial charge in [0.15, 0.2) is 6.79 Å². The van der Waals surface area contributed by atoms with Crippen LogP contribution in [-0.4, -0.2) is 48.8 Å². The molecule has 0 heterocycles. The molecule has 0 aliphatic rings. The zero-order valence-electron chi connectivity index (χ0n) is 17.3. The molecular weight excluding hydrogens is 384 g/mol. The Morgan fingerprint density at radius 2 is 1.86 bits per heavy atom. The van der Waals surface area contributed by atoms with Crippen LogP contribution in [0.25, 0.3) is 0 Å². The fourth-order valence-corrected chi connectivity index (χ4v) is 3.79. The van der Waals surface area contributed by atoms with Gasteiger partial charge in [-0.2, -0.15) is 0 Å². The number of ether oxygens (including phenoxy) is 1. The predicted molar refractivity (Wildman–Crippen MR) is 108 cm³/mol. The van der Waals surface area contributed by atoms with Gasteiger partial charge in [0, 0.05) is 18.3 Å². The summed E-state index contributed by atoms with van der Waals surface area (Å²) in [5.41, 5.74) is -0.314. The van der Waals surface area contributed by atoms with Crippen molar-refractivity contribution in [3.63, 3.8) is 0 Å². The van der Waals surface area contributed by atoms with Crippen LogP contribution in [0.3, 0.4) is 0 Å². The fraction of sp³-hybridized carbons (Fsp3) is 0.632. The van der Waals surface area contributed by atoms with E-state index < -0.39 is 27.4 Å². The van der Waals surface area contributed by atoms with E-state index in [4.69, 9.17) is 9.57 Å². The minimum absolute atomic E-state index is 0.283. The van der Waals surface area contributed by atoms with Crippen LogP contribution in [-0.2, 0) is 24.4 Å². The van der Waals surface area contributed by atoms with Crippen molar-refractivity contribution >= 4 is 21.6 Å². The zero-order chi connectivity index (χ0) is 21.3. The van der Waals surface area contributed by atoms with Crippen LogP contribution in [0.2, 0.25) is 0 Å². The number of aliphatic hydroxyl groups is 1. The van der Waals surface area contributed by atoms with Gasteiger partial charge in [0.2, 0.25) is 0 Å². The van der Waals surface area contributed by atoms with Crippen molar-refractivity contribution in [1.82, 2.24) is 4.47 Å². The molecule has 0 saturated carbocycles. The van der Waals surface area contributed by atoms with Crippen LogP contribution in [0.1, 0.15) is 51.2 Å². The van der Waals surface area contributed by atoms with Crippen LogP contribution in [0, 0.1) is 13.8 Å². The first-order valence-corrected chi connectivity index (χ1v) is 11.0. The van der Waals surface area contributed by atoms with Crippen LogP contribution in [0.15, 0.2) is 18.2 Å². The Labute approximate surface area is 167 Å². The van der Waals surface area contributed by atoms with E-state index in [1.54, 1.807) is 39.8 Å². The molecule has 0 saturated heterocycles. The number of amides is 1. The van der Waals surface area contributed by atoms with E-state index in [-0.39, 0.29) is 6.79 Å². The number of hydrogen-bond donors (Lipinski definition) is 2. The van der Waals surface area contributed by atoms with E-state index in [1.807, 2.05) is 13.0 Å². The van der Waals surface area contributed by atoms with Gasteiger partial charge in [0.25, 0.3) is 21.4 Å². The molecule has 2 unspecified atom stereocenters. The number of hydroxylamine groups is 1. The number of aryl methyl sites for hydroxylation is 2.